The minimum Gasteiger partial charge on any atom is -0.465 e. The lowest BCUT2D eigenvalue weighted by Gasteiger charge is -2.22. The zero-order valence-electron chi connectivity index (χ0n) is 15.6. The molecule has 0 radical (unpaired) electrons. The largest absolute Gasteiger partial charge is 0.465 e. The third kappa shape index (κ3) is 5.66. The van der Waals surface area contributed by atoms with Crippen LogP contribution in [0.15, 0.2) is 18.2 Å². The van der Waals surface area contributed by atoms with E-state index in [0.29, 0.717) is 5.56 Å². The van der Waals surface area contributed by atoms with E-state index in [-0.39, 0.29) is 24.1 Å². The van der Waals surface area contributed by atoms with Gasteiger partial charge < -0.3 is 20.1 Å². The molecule has 6 nitrogen and oxygen atoms in total. The van der Waals surface area contributed by atoms with Crippen molar-refractivity contribution < 1.29 is 19.1 Å². The number of anilines is 1. The van der Waals surface area contributed by atoms with Gasteiger partial charge in [-0.1, -0.05) is 6.07 Å². The van der Waals surface area contributed by atoms with E-state index in [1.807, 2.05) is 39.8 Å². The zero-order valence-corrected chi connectivity index (χ0v) is 15.6. The number of amides is 1. The summed E-state index contributed by atoms with van der Waals surface area (Å²) in [5.41, 5.74) is 2.02. The van der Waals surface area contributed by atoms with E-state index in [2.05, 4.69) is 10.6 Å². The van der Waals surface area contributed by atoms with Gasteiger partial charge in [0.2, 0.25) is 0 Å². The van der Waals surface area contributed by atoms with Gasteiger partial charge in [-0.25, -0.2) is 9.59 Å². The van der Waals surface area contributed by atoms with Crippen molar-refractivity contribution in [1.82, 2.24) is 5.32 Å². The summed E-state index contributed by atoms with van der Waals surface area (Å²) in [4.78, 5) is 23.6. The average Bonchev–Trinajstić information content (AvgIpc) is 2.93. The van der Waals surface area contributed by atoms with Gasteiger partial charge >= 0.3 is 12.1 Å². The number of aryl methyl sites for hydroxylation is 1. The summed E-state index contributed by atoms with van der Waals surface area (Å²) in [5.74, 6) is -0.348. The zero-order chi connectivity index (χ0) is 18.6. The Bertz CT molecular complexity index is 637. The van der Waals surface area contributed by atoms with E-state index < -0.39 is 5.60 Å². The lowest BCUT2D eigenvalue weighted by Crippen LogP contribution is -2.38. The number of carbonyl (C=O) groups is 2. The van der Waals surface area contributed by atoms with Gasteiger partial charge in [-0.2, -0.15) is 0 Å². The van der Waals surface area contributed by atoms with Crippen molar-refractivity contribution in [2.24, 2.45) is 0 Å². The molecule has 2 unspecified atom stereocenters. The molecule has 0 saturated heterocycles. The number of methoxy groups -OCH3 is 1. The quantitative estimate of drug-likeness (QED) is 0.813. The molecule has 1 aromatic carbocycles. The molecule has 1 fully saturated rings. The first-order chi connectivity index (χ1) is 11.7. The average molecular weight is 348 g/mol. The lowest BCUT2D eigenvalue weighted by atomic mass is 10.1. The Morgan fingerprint density at radius 1 is 1.16 bits per heavy atom. The summed E-state index contributed by atoms with van der Waals surface area (Å²) in [6.07, 6.45) is 2.29. The maximum Gasteiger partial charge on any atom is 0.407 e. The smallest absolute Gasteiger partial charge is 0.407 e. The summed E-state index contributed by atoms with van der Waals surface area (Å²) in [6, 6.07) is 5.81. The second-order valence-electron chi connectivity index (χ2n) is 7.52. The molecule has 138 valence electrons. The SMILES string of the molecule is COC(=O)c1ccc(C)c(NC2CCC(NC(=O)OC(C)(C)C)C2)c1. The first kappa shape index (κ1) is 19.1. The number of esters is 1. The molecular formula is C19H28N2O4. The second-order valence-corrected chi connectivity index (χ2v) is 7.52. The molecule has 1 amide bonds. The number of ether oxygens (including phenoxy) is 2. The van der Waals surface area contributed by atoms with Crippen LogP contribution in [0.25, 0.3) is 0 Å². The van der Waals surface area contributed by atoms with Gasteiger partial charge in [0.25, 0.3) is 0 Å². The first-order valence-electron chi connectivity index (χ1n) is 8.63. The summed E-state index contributed by atoms with van der Waals surface area (Å²) < 4.78 is 10.1. The van der Waals surface area contributed by atoms with Gasteiger partial charge in [-0.05, 0) is 64.7 Å². The van der Waals surface area contributed by atoms with Gasteiger partial charge in [0.1, 0.15) is 5.60 Å². The number of hydrogen-bond donors (Lipinski definition) is 2. The highest BCUT2D eigenvalue weighted by Gasteiger charge is 2.28. The van der Waals surface area contributed by atoms with E-state index in [9.17, 15) is 9.59 Å². The summed E-state index contributed by atoms with van der Waals surface area (Å²) in [6.45, 7) is 7.54. The van der Waals surface area contributed by atoms with E-state index >= 15 is 0 Å². The van der Waals surface area contributed by atoms with Crippen LogP contribution in [0.2, 0.25) is 0 Å². The molecule has 2 atom stereocenters. The second kappa shape index (κ2) is 7.76. The molecule has 1 saturated carbocycles. The summed E-state index contributed by atoms with van der Waals surface area (Å²) in [5, 5.41) is 6.41. The van der Waals surface area contributed by atoms with E-state index in [4.69, 9.17) is 9.47 Å². The van der Waals surface area contributed by atoms with Crippen LogP contribution in [0.4, 0.5) is 10.5 Å². The summed E-state index contributed by atoms with van der Waals surface area (Å²) in [7, 11) is 1.37. The number of carbonyl (C=O) groups excluding carboxylic acids is 2. The molecular weight excluding hydrogens is 320 g/mol. The monoisotopic (exact) mass is 348 g/mol. The van der Waals surface area contributed by atoms with Crippen LogP contribution in [0.1, 0.15) is 56.0 Å². The van der Waals surface area contributed by atoms with Gasteiger partial charge in [0, 0.05) is 17.8 Å². The van der Waals surface area contributed by atoms with Crippen molar-refractivity contribution >= 4 is 17.7 Å². The van der Waals surface area contributed by atoms with E-state index in [1.165, 1.54) is 7.11 Å². The van der Waals surface area contributed by atoms with Crippen LogP contribution >= 0.6 is 0 Å². The van der Waals surface area contributed by atoms with Crippen LogP contribution in [-0.4, -0.2) is 36.9 Å². The maximum atomic E-state index is 11.9. The van der Waals surface area contributed by atoms with Crippen molar-refractivity contribution in [2.45, 2.75) is 64.6 Å². The molecule has 2 rings (SSSR count). The Hall–Kier alpha value is -2.24. The molecule has 0 bridgehead atoms. The Balaban J connectivity index is 1.93. The summed E-state index contributed by atoms with van der Waals surface area (Å²) >= 11 is 0. The fourth-order valence-electron chi connectivity index (χ4n) is 2.96. The van der Waals surface area contributed by atoms with Crippen LogP contribution in [0.5, 0.6) is 0 Å². The van der Waals surface area contributed by atoms with Gasteiger partial charge in [-0.15, -0.1) is 0 Å². The van der Waals surface area contributed by atoms with Crippen LogP contribution < -0.4 is 10.6 Å². The molecule has 0 aromatic heterocycles. The molecule has 25 heavy (non-hydrogen) atoms. The third-order valence-electron chi connectivity index (χ3n) is 4.17. The highest BCUT2D eigenvalue weighted by molar-refractivity contribution is 5.90. The Labute approximate surface area is 149 Å². The number of nitrogens with one attached hydrogen (secondary N) is 2. The molecule has 0 spiro atoms. The van der Waals surface area contributed by atoms with E-state index in [0.717, 1.165) is 30.5 Å². The van der Waals surface area contributed by atoms with Crippen LogP contribution in [0, 0.1) is 6.92 Å². The molecule has 6 heteroatoms. The minimum absolute atomic E-state index is 0.0939. The Kier molecular flexibility index (Phi) is 5.93. The lowest BCUT2D eigenvalue weighted by molar-refractivity contribution is 0.0504. The van der Waals surface area contributed by atoms with Crippen molar-refractivity contribution in [3.8, 4) is 0 Å². The van der Waals surface area contributed by atoms with Gasteiger partial charge in [0.05, 0.1) is 12.7 Å². The molecule has 1 aromatic rings. The normalized spacial score (nSPS) is 20.0. The van der Waals surface area contributed by atoms with Crippen molar-refractivity contribution in [3.63, 3.8) is 0 Å². The van der Waals surface area contributed by atoms with Gasteiger partial charge in [0.15, 0.2) is 0 Å². The van der Waals surface area contributed by atoms with Gasteiger partial charge in [-0.3, -0.25) is 0 Å². The van der Waals surface area contributed by atoms with Crippen molar-refractivity contribution in [2.75, 3.05) is 12.4 Å². The number of alkyl carbamates (subject to hydrolysis) is 1. The predicted molar refractivity (Wildman–Crippen MR) is 96.9 cm³/mol. The fraction of sp³-hybridized carbons (Fsp3) is 0.579. The van der Waals surface area contributed by atoms with Crippen molar-refractivity contribution in [1.29, 1.82) is 0 Å². The van der Waals surface area contributed by atoms with Crippen LogP contribution in [-0.2, 0) is 9.47 Å². The Morgan fingerprint density at radius 3 is 2.48 bits per heavy atom. The number of hydrogen-bond acceptors (Lipinski definition) is 5. The highest BCUT2D eigenvalue weighted by Crippen LogP contribution is 2.26. The van der Waals surface area contributed by atoms with Crippen LogP contribution in [0.3, 0.4) is 0 Å². The molecule has 1 aliphatic rings. The fourth-order valence-corrected chi connectivity index (χ4v) is 2.96. The number of benzene rings is 1. The molecule has 0 aliphatic heterocycles. The highest BCUT2D eigenvalue weighted by atomic mass is 16.6. The number of rotatable bonds is 4. The Morgan fingerprint density at radius 2 is 1.84 bits per heavy atom. The standard InChI is InChI=1S/C19H28N2O4/c1-12-6-7-13(17(22)24-5)10-16(12)20-14-8-9-15(11-14)21-18(23)25-19(2,3)4/h6-7,10,14-15,20H,8-9,11H2,1-5H3,(H,21,23). The third-order valence-corrected chi connectivity index (χ3v) is 4.17. The molecule has 2 N–H and O–H groups in total. The maximum absolute atomic E-state index is 11.9. The van der Waals surface area contributed by atoms with Crippen molar-refractivity contribution in [3.05, 3.63) is 29.3 Å². The topological polar surface area (TPSA) is 76.7 Å². The predicted octanol–water partition coefficient (Wildman–Crippen LogP) is 3.64. The van der Waals surface area contributed by atoms with E-state index in [1.54, 1.807) is 6.07 Å². The first-order valence-corrected chi connectivity index (χ1v) is 8.63. The minimum atomic E-state index is -0.494. The molecule has 0 heterocycles. The molecule has 1 aliphatic carbocycles.